The summed E-state index contributed by atoms with van der Waals surface area (Å²) in [5, 5.41) is 10.4. The number of likely N-dealkylation sites (tertiary alicyclic amines) is 1. The number of hydrogen-bond donors (Lipinski definition) is 2. The summed E-state index contributed by atoms with van der Waals surface area (Å²) >= 11 is 0. The van der Waals surface area contributed by atoms with Crippen LogP contribution in [0.2, 0.25) is 0 Å². The molecule has 2 aliphatic rings. The number of amides is 1. The van der Waals surface area contributed by atoms with Gasteiger partial charge in [-0.25, -0.2) is 0 Å². The van der Waals surface area contributed by atoms with E-state index in [0.717, 1.165) is 36.1 Å². The zero-order chi connectivity index (χ0) is 27.1. The third kappa shape index (κ3) is 6.22. The number of fused-ring (bicyclic) bond motifs is 1. The Morgan fingerprint density at radius 3 is 2.68 bits per heavy atom. The van der Waals surface area contributed by atoms with E-state index in [1.807, 2.05) is 29.2 Å². The maximum Gasteiger partial charge on any atom is 0.308 e. The van der Waals surface area contributed by atoms with Crippen LogP contribution >= 0.6 is 0 Å². The van der Waals surface area contributed by atoms with Crippen LogP contribution in [-0.2, 0) is 16.0 Å². The minimum absolute atomic E-state index is 0.0432. The quantitative estimate of drug-likeness (QED) is 0.410. The van der Waals surface area contributed by atoms with E-state index in [0.29, 0.717) is 44.3 Å². The number of unbranched alkanes of at least 4 members (excludes halogenated alkanes) is 1. The van der Waals surface area contributed by atoms with E-state index < -0.39 is 17.9 Å². The Kier molecular flexibility index (Phi) is 9.47. The number of para-hydroxylation sites is 2. The van der Waals surface area contributed by atoms with Gasteiger partial charge in [-0.1, -0.05) is 37.6 Å². The zero-order valence-corrected chi connectivity index (χ0v) is 22.3. The monoisotopic (exact) mass is 525 g/mol. The molecular formula is C29H39N3O6. The molecule has 1 fully saturated rings. The fourth-order valence-corrected chi connectivity index (χ4v) is 5.53. The summed E-state index contributed by atoms with van der Waals surface area (Å²) in [5.41, 5.74) is 7.83. The van der Waals surface area contributed by atoms with Crippen LogP contribution in [-0.4, -0.2) is 85.9 Å². The molecule has 0 aliphatic carbocycles. The fourth-order valence-electron chi connectivity index (χ4n) is 5.53. The van der Waals surface area contributed by atoms with Gasteiger partial charge in [0, 0.05) is 38.5 Å². The molecule has 206 valence electrons. The second kappa shape index (κ2) is 13.0. The predicted octanol–water partition coefficient (Wildman–Crippen LogP) is 2.77. The molecule has 2 heterocycles. The number of carboxylic acids is 1. The number of aliphatic carboxylic acids is 1. The van der Waals surface area contributed by atoms with Crippen LogP contribution in [0.25, 0.3) is 0 Å². The highest BCUT2D eigenvalue weighted by Gasteiger charge is 2.48. The van der Waals surface area contributed by atoms with Crippen LogP contribution in [0, 0.1) is 5.92 Å². The van der Waals surface area contributed by atoms with Gasteiger partial charge >= 0.3 is 5.97 Å². The number of hydrogen-bond acceptors (Lipinski definition) is 7. The maximum absolute atomic E-state index is 13.4. The summed E-state index contributed by atoms with van der Waals surface area (Å²) in [7, 11) is 1.57. The number of rotatable bonds is 13. The van der Waals surface area contributed by atoms with Crippen molar-refractivity contribution in [3.8, 4) is 17.2 Å². The van der Waals surface area contributed by atoms with E-state index in [2.05, 4.69) is 13.0 Å². The summed E-state index contributed by atoms with van der Waals surface area (Å²) in [6.45, 7) is 4.88. The number of methoxy groups -OCH3 is 1. The number of nitrogens with two attached hydrogens (primary N) is 1. The fraction of sp³-hybridized carbons (Fsp3) is 0.517. The molecule has 1 amide bonds. The molecule has 3 N–H and O–H groups in total. The summed E-state index contributed by atoms with van der Waals surface area (Å²) in [4.78, 5) is 29.9. The normalized spacial score (nSPS) is 20.6. The lowest BCUT2D eigenvalue weighted by Gasteiger charge is -2.29. The second-order valence-corrected chi connectivity index (χ2v) is 9.92. The molecule has 2 aliphatic heterocycles. The first-order chi connectivity index (χ1) is 18.5. The van der Waals surface area contributed by atoms with Gasteiger partial charge in [0.1, 0.15) is 12.4 Å². The van der Waals surface area contributed by atoms with Gasteiger partial charge in [-0.15, -0.1) is 0 Å². The Morgan fingerprint density at radius 2 is 1.97 bits per heavy atom. The topological polar surface area (TPSA) is 115 Å². The van der Waals surface area contributed by atoms with Crippen molar-refractivity contribution in [2.75, 3.05) is 53.0 Å². The Bertz CT molecular complexity index is 1110. The van der Waals surface area contributed by atoms with Gasteiger partial charge < -0.3 is 30.0 Å². The number of carbonyl (C=O) groups excluding carboxylic acids is 1. The van der Waals surface area contributed by atoms with E-state index in [-0.39, 0.29) is 25.0 Å². The Morgan fingerprint density at radius 1 is 1.18 bits per heavy atom. The molecule has 4 rings (SSSR count). The number of carboxylic acid groups (broad SMARTS) is 1. The molecule has 0 unspecified atom stereocenters. The average Bonchev–Trinajstić information content (AvgIpc) is 3.54. The summed E-state index contributed by atoms with van der Waals surface area (Å²) in [6, 6.07) is 12.7. The van der Waals surface area contributed by atoms with Gasteiger partial charge in [0.2, 0.25) is 5.91 Å². The Balaban J connectivity index is 1.62. The first-order valence-electron chi connectivity index (χ1n) is 13.4. The number of carbonyl (C=O) groups is 2. The van der Waals surface area contributed by atoms with Crippen LogP contribution in [0.1, 0.15) is 36.8 Å². The van der Waals surface area contributed by atoms with Crippen LogP contribution < -0.4 is 19.9 Å². The lowest BCUT2D eigenvalue weighted by atomic mass is 9.84. The minimum Gasteiger partial charge on any atom is -0.493 e. The molecule has 2 aromatic carbocycles. The van der Waals surface area contributed by atoms with Gasteiger partial charge in [-0.3, -0.25) is 14.5 Å². The molecule has 0 bridgehead atoms. The van der Waals surface area contributed by atoms with Crippen molar-refractivity contribution in [2.45, 2.75) is 38.1 Å². The highest BCUT2D eigenvalue weighted by molar-refractivity contribution is 5.79. The number of nitrogens with zero attached hydrogens (tertiary/aromatic N) is 2. The molecule has 0 aromatic heterocycles. The third-order valence-electron chi connectivity index (χ3n) is 7.53. The molecule has 0 spiro atoms. The average molecular weight is 526 g/mol. The summed E-state index contributed by atoms with van der Waals surface area (Å²) < 4.78 is 17.2. The molecule has 3 atom stereocenters. The molecule has 9 nitrogen and oxygen atoms in total. The predicted molar refractivity (Wildman–Crippen MR) is 144 cm³/mol. The molecule has 2 aromatic rings. The largest absolute Gasteiger partial charge is 0.493 e. The molecule has 0 saturated carbocycles. The van der Waals surface area contributed by atoms with Gasteiger partial charge in [-0.2, -0.15) is 0 Å². The third-order valence-corrected chi connectivity index (χ3v) is 7.53. The molecule has 1 saturated heterocycles. The van der Waals surface area contributed by atoms with Crippen LogP contribution in [0.4, 0.5) is 0 Å². The summed E-state index contributed by atoms with van der Waals surface area (Å²) in [5.74, 6) is -0.0267. The van der Waals surface area contributed by atoms with Crippen molar-refractivity contribution in [3.05, 3.63) is 53.6 Å². The standard InChI is InChI=1S/C29H39N3O6/c1-3-4-13-31(14-12-30)27(33)18-32-17-22(20-9-10-24-21(16-20)11-15-37-24)28(29(34)35)23(32)19-38-26-8-6-5-7-25(26)36-2/h5-10,16,22-23,28H,3-4,11-15,17-19,30H2,1-2H3,(H,34,35)/t22-,23+,28-/m1/s1. The molecule has 38 heavy (non-hydrogen) atoms. The van der Waals surface area contributed by atoms with E-state index in [4.69, 9.17) is 19.9 Å². The van der Waals surface area contributed by atoms with Gasteiger partial charge in [0.25, 0.3) is 0 Å². The van der Waals surface area contributed by atoms with Crippen LogP contribution in [0.15, 0.2) is 42.5 Å². The smallest absolute Gasteiger partial charge is 0.308 e. The number of benzene rings is 2. The molecular weight excluding hydrogens is 486 g/mol. The van der Waals surface area contributed by atoms with Gasteiger partial charge in [0.15, 0.2) is 11.5 Å². The Labute approximate surface area is 224 Å². The maximum atomic E-state index is 13.4. The highest BCUT2D eigenvalue weighted by atomic mass is 16.5. The summed E-state index contributed by atoms with van der Waals surface area (Å²) in [6.07, 6.45) is 2.67. The van der Waals surface area contributed by atoms with E-state index in [1.54, 1.807) is 24.1 Å². The number of ether oxygens (including phenoxy) is 3. The first-order valence-corrected chi connectivity index (χ1v) is 13.4. The van der Waals surface area contributed by atoms with Crippen LogP contribution in [0.3, 0.4) is 0 Å². The lowest BCUT2D eigenvalue weighted by Crippen LogP contribution is -2.47. The van der Waals surface area contributed by atoms with Crippen molar-refractivity contribution >= 4 is 11.9 Å². The van der Waals surface area contributed by atoms with Crippen molar-refractivity contribution in [2.24, 2.45) is 11.7 Å². The van der Waals surface area contributed by atoms with E-state index >= 15 is 0 Å². The van der Waals surface area contributed by atoms with E-state index in [1.165, 1.54) is 0 Å². The van der Waals surface area contributed by atoms with Crippen molar-refractivity contribution in [1.82, 2.24) is 9.80 Å². The SMILES string of the molecule is CCCCN(CCN)C(=O)CN1C[C@H](c2ccc3c(c2)CCO3)[C@@H](C(=O)O)[C@@H]1COc1ccccc1OC. The molecule has 9 heteroatoms. The first kappa shape index (κ1) is 27.7. The lowest BCUT2D eigenvalue weighted by molar-refractivity contribution is -0.144. The molecule has 0 radical (unpaired) electrons. The Hall–Kier alpha value is -3.30. The highest BCUT2D eigenvalue weighted by Crippen LogP contribution is 2.40. The second-order valence-electron chi connectivity index (χ2n) is 9.92. The van der Waals surface area contributed by atoms with Gasteiger partial charge in [-0.05, 0) is 35.7 Å². The van der Waals surface area contributed by atoms with Crippen molar-refractivity contribution in [3.63, 3.8) is 0 Å². The van der Waals surface area contributed by atoms with E-state index in [9.17, 15) is 14.7 Å². The van der Waals surface area contributed by atoms with Gasteiger partial charge in [0.05, 0.1) is 32.2 Å². The van der Waals surface area contributed by atoms with Crippen LogP contribution in [0.5, 0.6) is 17.2 Å². The zero-order valence-electron chi connectivity index (χ0n) is 22.3. The van der Waals surface area contributed by atoms with Crippen molar-refractivity contribution < 1.29 is 28.9 Å². The minimum atomic E-state index is -0.903. The van der Waals surface area contributed by atoms with Crippen molar-refractivity contribution in [1.29, 1.82) is 0 Å².